The molecule has 1 aromatic rings. The summed E-state index contributed by atoms with van der Waals surface area (Å²) in [6.45, 7) is 1.53. The van der Waals surface area contributed by atoms with E-state index in [2.05, 4.69) is 5.32 Å². The molecule has 10 heteroatoms. The van der Waals surface area contributed by atoms with Crippen LogP contribution in [0.25, 0.3) is 0 Å². The van der Waals surface area contributed by atoms with Crippen molar-refractivity contribution in [2.45, 2.75) is 19.0 Å². The van der Waals surface area contributed by atoms with Crippen molar-refractivity contribution >= 4 is 17.5 Å². The minimum atomic E-state index is -4.54. The number of amides is 2. The number of anilines is 1. The third-order valence-electron chi connectivity index (χ3n) is 4.56. The number of carbonyl (C=O) groups is 2. The van der Waals surface area contributed by atoms with E-state index in [1.807, 2.05) is 0 Å². The topological polar surface area (TPSA) is 95.1 Å². The zero-order valence-corrected chi connectivity index (χ0v) is 15.6. The van der Waals surface area contributed by atoms with Gasteiger partial charge in [0.25, 0.3) is 5.91 Å². The molecule has 1 fully saturated rings. The minimum Gasteiger partial charge on any atom is -0.489 e. The smallest absolute Gasteiger partial charge is 0.416 e. The predicted molar refractivity (Wildman–Crippen MR) is 94.9 cm³/mol. The number of alkyl halides is 3. The maximum atomic E-state index is 13.0. The monoisotopic (exact) mass is 404 g/mol. The molecule has 0 saturated carbocycles. The number of benzene rings is 1. The van der Waals surface area contributed by atoms with Crippen molar-refractivity contribution in [3.63, 3.8) is 0 Å². The molecule has 0 radical (unpaired) electrons. The van der Waals surface area contributed by atoms with E-state index in [-0.39, 0.29) is 37.1 Å². The number of primary amides is 1. The number of hydrogen-bond acceptors (Lipinski definition) is 4. The second kappa shape index (κ2) is 9.74. The van der Waals surface area contributed by atoms with Crippen LogP contribution in [0.15, 0.2) is 18.2 Å². The predicted octanol–water partition coefficient (Wildman–Crippen LogP) is 0.449. The van der Waals surface area contributed by atoms with Crippen LogP contribution in [0.5, 0.6) is 5.75 Å². The average molecular weight is 404 g/mol. The summed E-state index contributed by atoms with van der Waals surface area (Å²) in [5.74, 6) is -1.03. The molecule has 1 unspecified atom stereocenters. The highest BCUT2D eigenvalue weighted by Gasteiger charge is 2.32. The maximum absolute atomic E-state index is 13.0. The molecule has 1 heterocycles. The van der Waals surface area contributed by atoms with Crippen LogP contribution in [-0.4, -0.2) is 51.8 Å². The molecular weight excluding hydrogens is 379 g/mol. The molecule has 156 valence electrons. The van der Waals surface area contributed by atoms with Gasteiger partial charge in [-0.1, -0.05) is 0 Å². The Balaban J connectivity index is 2.08. The van der Waals surface area contributed by atoms with E-state index < -0.39 is 23.6 Å². The van der Waals surface area contributed by atoms with Gasteiger partial charge in [-0.2, -0.15) is 13.2 Å². The number of likely N-dealkylation sites (tertiary alicyclic amines) is 1. The standard InChI is InChI=1S/C18H24F3N3O4/c1-27-7-8-28-15-5-4-13(18(19,20)21)9-14(15)23-16(25)11-24-6-2-3-12(10-24)17(22)26/h4-5,9,12H,2-3,6-8,10-11H2,1H3,(H2,22,26)(H,23,25)/p+1/t12-/m1/s1. The molecule has 2 rings (SSSR count). The number of methoxy groups -OCH3 is 1. The summed E-state index contributed by atoms with van der Waals surface area (Å²) in [4.78, 5) is 24.6. The van der Waals surface area contributed by atoms with Crippen LogP contribution in [0.2, 0.25) is 0 Å². The van der Waals surface area contributed by atoms with Gasteiger partial charge < -0.3 is 25.4 Å². The fraction of sp³-hybridized carbons (Fsp3) is 0.556. The van der Waals surface area contributed by atoms with Gasteiger partial charge in [0, 0.05) is 7.11 Å². The van der Waals surface area contributed by atoms with Crippen molar-refractivity contribution in [2.75, 3.05) is 45.3 Å². The van der Waals surface area contributed by atoms with Gasteiger partial charge in [-0.3, -0.25) is 9.59 Å². The lowest BCUT2D eigenvalue weighted by atomic mass is 9.97. The molecule has 0 spiro atoms. The van der Waals surface area contributed by atoms with E-state index in [1.54, 1.807) is 0 Å². The zero-order chi connectivity index (χ0) is 20.7. The molecule has 1 aliphatic heterocycles. The fourth-order valence-corrected chi connectivity index (χ4v) is 3.14. The summed E-state index contributed by atoms with van der Waals surface area (Å²) in [6, 6.07) is 2.91. The molecule has 7 nitrogen and oxygen atoms in total. The quantitative estimate of drug-likeness (QED) is 0.549. The van der Waals surface area contributed by atoms with E-state index in [9.17, 15) is 22.8 Å². The first kappa shape index (κ1) is 22.0. The number of quaternary nitrogens is 1. The highest BCUT2D eigenvalue weighted by atomic mass is 19.4. The van der Waals surface area contributed by atoms with Gasteiger partial charge in [-0.25, -0.2) is 0 Å². The van der Waals surface area contributed by atoms with Gasteiger partial charge in [0.05, 0.1) is 36.9 Å². The van der Waals surface area contributed by atoms with Crippen molar-refractivity contribution in [3.05, 3.63) is 23.8 Å². The third-order valence-corrected chi connectivity index (χ3v) is 4.56. The van der Waals surface area contributed by atoms with Gasteiger partial charge >= 0.3 is 6.18 Å². The molecule has 1 aromatic carbocycles. The molecule has 2 amide bonds. The van der Waals surface area contributed by atoms with E-state index in [0.717, 1.165) is 23.5 Å². The minimum absolute atomic E-state index is 0.0253. The molecule has 1 saturated heterocycles. The Hall–Kier alpha value is -2.33. The summed E-state index contributed by atoms with van der Waals surface area (Å²) >= 11 is 0. The summed E-state index contributed by atoms with van der Waals surface area (Å²) in [7, 11) is 1.47. The lowest BCUT2D eigenvalue weighted by Gasteiger charge is -2.27. The largest absolute Gasteiger partial charge is 0.489 e. The van der Waals surface area contributed by atoms with Crippen molar-refractivity contribution in [1.29, 1.82) is 0 Å². The Morgan fingerprint density at radius 3 is 2.71 bits per heavy atom. The molecular formula is C18H25F3N3O4+. The third kappa shape index (κ3) is 6.38. The number of ether oxygens (including phenoxy) is 2. The van der Waals surface area contributed by atoms with Crippen LogP contribution in [-0.2, 0) is 20.5 Å². The van der Waals surface area contributed by atoms with E-state index in [4.69, 9.17) is 15.2 Å². The van der Waals surface area contributed by atoms with E-state index in [0.29, 0.717) is 19.5 Å². The Bertz CT molecular complexity index is 697. The molecule has 1 aliphatic rings. The average Bonchev–Trinajstić information content (AvgIpc) is 2.62. The highest BCUT2D eigenvalue weighted by molar-refractivity contribution is 5.93. The Morgan fingerprint density at radius 1 is 1.32 bits per heavy atom. The number of halogens is 3. The lowest BCUT2D eigenvalue weighted by molar-refractivity contribution is -0.899. The van der Waals surface area contributed by atoms with Crippen LogP contribution >= 0.6 is 0 Å². The van der Waals surface area contributed by atoms with Crippen LogP contribution in [0.4, 0.5) is 18.9 Å². The van der Waals surface area contributed by atoms with Crippen LogP contribution in [0.1, 0.15) is 18.4 Å². The van der Waals surface area contributed by atoms with Gasteiger partial charge in [0.15, 0.2) is 6.54 Å². The van der Waals surface area contributed by atoms with Crippen molar-refractivity contribution in [2.24, 2.45) is 11.7 Å². The molecule has 0 bridgehead atoms. The Kier molecular flexibility index (Phi) is 7.64. The van der Waals surface area contributed by atoms with Crippen molar-refractivity contribution < 1.29 is 37.1 Å². The maximum Gasteiger partial charge on any atom is 0.416 e. The van der Waals surface area contributed by atoms with Crippen LogP contribution in [0, 0.1) is 5.92 Å². The number of piperidine rings is 1. The zero-order valence-electron chi connectivity index (χ0n) is 15.6. The first-order chi connectivity index (χ1) is 13.2. The van der Waals surface area contributed by atoms with Gasteiger partial charge in [0.1, 0.15) is 12.4 Å². The molecule has 0 aliphatic carbocycles. The summed E-state index contributed by atoms with van der Waals surface area (Å²) in [5.41, 5.74) is 4.39. The number of carbonyl (C=O) groups excluding carboxylic acids is 2. The second-order valence-corrected chi connectivity index (χ2v) is 6.72. The van der Waals surface area contributed by atoms with Crippen molar-refractivity contribution in [3.8, 4) is 5.75 Å². The Labute approximate surface area is 161 Å². The number of rotatable bonds is 8. The SMILES string of the molecule is COCCOc1ccc(C(F)(F)F)cc1NC(=O)C[NH+]1CCC[C@@H](C(N)=O)C1. The van der Waals surface area contributed by atoms with Gasteiger partial charge in [-0.05, 0) is 31.0 Å². The highest BCUT2D eigenvalue weighted by Crippen LogP contribution is 2.35. The number of nitrogens with one attached hydrogen (secondary N) is 2. The summed E-state index contributed by atoms with van der Waals surface area (Å²) in [6.07, 6.45) is -3.10. The Morgan fingerprint density at radius 2 is 2.07 bits per heavy atom. The molecule has 28 heavy (non-hydrogen) atoms. The van der Waals surface area contributed by atoms with Crippen molar-refractivity contribution in [1.82, 2.24) is 0 Å². The van der Waals surface area contributed by atoms with E-state index >= 15 is 0 Å². The fourth-order valence-electron chi connectivity index (χ4n) is 3.14. The lowest BCUT2D eigenvalue weighted by Crippen LogP contribution is -3.14. The first-order valence-corrected chi connectivity index (χ1v) is 8.96. The number of nitrogens with two attached hydrogens (primary N) is 1. The van der Waals surface area contributed by atoms with Gasteiger partial charge in [0.2, 0.25) is 5.91 Å². The second-order valence-electron chi connectivity index (χ2n) is 6.72. The van der Waals surface area contributed by atoms with E-state index in [1.165, 1.54) is 13.2 Å². The molecule has 4 N–H and O–H groups in total. The summed E-state index contributed by atoms with van der Waals surface area (Å²) in [5, 5.41) is 2.50. The number of hydrogen-bond donors (Lipinski definition) is 3. The van der Waals surface area contributed by atoms with Gasteiger partial charge in [-0.15, -0.1) is 0 Å². The van der Waals surface area contributed by atoms with Crippen LogP contribution < -0.4 is 20.7 Å². The molecule has 2 atom stereocenters. The summed E-state index contributed by atoms with van der Waals surface area (Å²) < 4.78 is 49.3. The molecule has 0 aromatic heterocycles. The first-order valence-electron chi connectivity index (χ1n) is 8.96. The van der Waals surface area contributed by atoms with Crippen LogP contribution in [0.3, 0.4) is 0 Å². The normalized spacial score (nSPS) is 19.9.